The zero-order chi connectivity index (χ0) is 13.8. The molecule has 5 heteroatoms. The summed E-state index contributed by atoms with van der Waals surface area (Å²) >= 11 is 1.22. The van der Waals surface area contributed by atoms with Gasteiger partial charge in [-0.3, -0.25) is 0 Å². The number of carboxylic acids is 1. The minimum absolute atomic E-state index is 0.0298. The first-order chi connectivity index (χ1) is 9.08. The van der Waals surface area contributed by atoms with Gasteiger partial charge in [-0.25, -0.2) is 9.18 Å². The molecule has 0 bridgehead atoms. The van der Waals surface area contributed by atoms with Crippen LogP contribution in [0.3, 0.4) is 0 Å². The first kappa shape index (κ1) is 13.7. The lowest BCUT2D eigenvalue weighted by Gasteiger charge is -2.14. The number of thiophene rings is 1. The van der Waals surface area contributed by atoms with E-state index in [1.165, 1.54) is 23.5 Å². The van der Waals surface area contributed by atoms with Crippen LogP contribution < -0.4 is 5.32 Å². The Balaban J connectivity index is 2.00. The molecule has 0 spiro atoms. The van der Waals surface area contributed by atoms with Gasteiger partial charge >= 0.3 is 5.97 Å². The van der Waals surface area contributed by atoms with Gasteiger partial charge in [0.2, 0.25) is 0 Å². The van der Waals surface area contributed by atoms with Crippen molar-refractivity contribution in [1.82, 2.24) is 5.32 Å². The average molecular weight is 279 g/mol. The zero-order valence-corrected chi connectivity index (χ0v) is 11.2. The maximum atomic E-state index is 12.8. The van der Waals surface area contributed by atoms with Crippen molar-refractivity contribution in [2.24, 2.45) is 0 Å². The summed E-state index contributed by atoms with van der Waals surface area (Å²) in [7, 11) is 0. The van der Waals surface area contributed by atoms with Crippen molar-refractivity contribution in [1.29, 1.82) is 0 Å². The highest BCUT2D eigenvalue weighted by Crippen LogP contribution is 2.19. The van der Waals surface area contributed by atoms with Gasteiger partial charge in [0.05, 0.1) is 0 Å². The van der Waals surface area contributed by atoms with Gasteiger partial charge in [-0.2, -0.15) is 0 Å². The van der Waals surface area contributed by atoms with Gasteiger partial charge in [-0.1, -0.05) is 12.1 Å². The van der Waals surface area contributed by atoms with E-state index in [4.69, 9.17) is 5.11 Å². The molecule has 19 heavy (non-hydrogen) atoms. The highest BCUT2D eigenvalue weighted by Gasteiger charge is 2.12. The number of carboxylic acid groups (broad SMARTS) is 1. The van der Waals surface area contributed by atoms with E-state index < -0.39 is 5.97 Å². The van der Waals surface area contributed by atoms with E-state index in [0.717, 1.165) is 11.1 Å². The Bertz CT molecular complexity index is 565. The normalized spacial score (nSPS) is 12.3. The third-order valence-electron chi connectivity index (χ3n) is 2.91. The second-order valence-electron chi connectivity index (χ2n) is 4.23. The number of hydrogen-bond acceptors (Lipinski definition) is 3. The van der Waals surface area contributed by atoms with Crippen LogP contribution in [0.25, 0.3) is 0 Å². The fraction of sp³-hybridized carbons (Fsp3) is 0.214. The minimum Gasteiger partial charge on any atom is -0.477 e. The molecule has 0 aliphatic heterocycles. The van der Waals surface area contributed by atoms with Crippen LogP contribution in [-0.2, 0) is 6.54 Å². The third-order valence-corrected chi connectivity index (χ3v) is 3.85. The van der Waals surface area contributed by atoms with Crippen molar-refractivity contribution in [2.45, 2.75) is 19.5 Å². The van der Waals surface area contributed by atoms with Crippen molar-refractivity contribution in [3.8, 4) is 0 Å². The second-order valence-corrected chi connectivity index (χ2v) is 5.15. The smallest absolute Gasteiger partial charge is 0.346 e. The fourth-order valence-electron chi connectivity index (χ4n) is 1.79. The predicted molar refractivity (Wildman–Crippen MR) is 72.9 cm³/mol. The lowest BCUT2D eigenvalue weighted by atomic mass is 10.1. The lowest BCUT2D eigenvalue weighted by molar-refractivity contribution is 0.0701. The Morgan fingerprint density at radius 2 is 2.05 bits per heavy atom. The molecule has 2 N–H and O–H groups in total. The van der Waals surface area contributed by atoms with Crippen LogP contribution in [0.4, 0.5) is 4.39 Å². The summed E-state index contributed by atoms with van der Waals surface area (Å²) in [5.41, 5.74) is 1.74. The maximum absolute atomic E-state index is 12.8. The Morgan fingerprint density at radius 3 is 2.68 bits per heavy atom. The van der Waals surface area contributed by atoms with Crippen molar-refractivity contribution >= 4 is 17.3 Å². The molecule has 2 aromatic rings. The van der Waals surface area contributed by atoms with Crippen LogP contribution in [0.15, 0.2) is 35.7 Å². The zero-order valence-electron chi connectivity index (χ0n) is 10.4. The van der Waals surface area contributed by atoms with E-state index in [1.807, 2.05) is 6.92 Å². The molecule has 1 heterocycles. The topological polar surface area (TPSA) is 49.3 Å². The van der Waals surface area contributed by atoms with E-state index in [9.17, 15) is 9.18 Å². The van der Waals surface area contributed by atoms with E-state index in [2.05, 4.69) is 5.32 Å². The summed E-state index contributed by atoms with van der Waals surface area (Å²) < 4.78 is 12.8. The van der Waals surface area contributed by atoms with Crippen LogP contribution in [0.5, 0.6) is 0 Å². The number of aromatic carboxylic acids is 1. The summed E-state index contributed by atoms with van der Waals surface area (Å²) in [4.78, 5) is 11.3. The van der Waals surface area contributed by atoms with Crippen LogP contribution in [0.2, 0.25) is 0 Å². The Morgan fingerprint density at radius 1 is 1.37 bits per heavy atom. The van der Waals surface area contributed by atoms with Crippen LogP contribution in [0.1, 0.15) is 33.8 Å². The van der Waals surface area contributed by atoms with Gasteiger partial charge in [0.15, 0.2) is 0 Å². The number of hydrogen-bond donors (Lipinski definition) is 2. The van der Waals surface area contributed by atoms with Gasteiger partial charge in [-0.15, -0.1) is 11.3 Å². The molecular formula is C14H14FNO2S. The molecule has 0 aliphatic rings. The van der Waals surface area contributed by atoms with E-state index in [1.54, 1.807) is 23.6 Å². The maximum Gasteiger partial charge on any atom is 0.346 e. The Hall–Kier alpha value is -1.72. The first-order valence-corrected chi connectivity index (χ1v) is 6.74. The minimum atomic E-state index is -0.902. The van der Waals surface area contributed by atoms with E-state index in [0.29, 0.717) is 11.4 Å². The SMILES string of the molecule is C[C@H](NCc1ccsc1C(=O)O)c1ccc(F)cc1. The van der Waals surface area contributed by atoms with E-state index in [-0.39, 0.29) is 11.9 Å². The lowest BCUT2D eigenvalue weighted by Crippen LogP contribution is -2.18. The van der Waals surface area contributed by atoms with Gasteiger partial charge in [0.25, 0.3) is 0 Å². The number of carbonyl (C=O) groups is 1. The van der Waals surface area contributed by atoms with Gasteiger partial charge in [-0.05, 0) is 41.6 Å². The number of rotatable bonds is 5. The molecule has 1 aromatic carbocycles. The summed E-state index contributed by atoms with van der Waals surface area (Å²) in [5.74, 6) is -1.16. The van der Waals surface area contributed by atoms with Gasteiger partial charge in [0.1, 0.15) is 10.7 Å². The predicted octanol–water partition coefficient (Wildman–Crippen LogP) is 3.44. The fourth-order valence-corrected chi connectivity index (χ4v) is 2.56. The molecule has 0 radical (unpaired) electrons. The molecule has 1 aromatic heterocycles. The summed E-state index contributed by atoms with van der Waals surface area (Å²) in [6, 6.07) is 8.11. The molecule has 100 valence electrons. The summed E-state index contributed by atoms with van der Waals surface area (Å²) in [5, 5.41) is 14.0. The Kier molecular flexibility index (Phi) is 4.29. The Labute approximate surface area is 114 Å². The quantitative estimate of drug-likeness (QED) is 0.881. The number of halogens is 1. The van der Waals surface area contributed by atoms with Crippen molar-refractivity contribution in [2.75, 3.05) is 0 Å². The van der Waals surface area contributed by atoms with Crippen molar-refractivity contribution in [3.63, 3.8) is 0 Å². The molecule has 0 saturated heterocycles. The molecule has 1 atom stereocenters. The largest absolute Gasteiger partial charge is 0.477 e. The molecule has 2 rings (SSSR count). The second kappa shape index (κ2) is 5.95. The molecule has 0 aliphatic carbocycles. The van der Waals surface area contributed by atoms with Crippen LogP contribution >= 0.6 is 11.3 Å². The standard InChI is InChI=1S/C14H14FNO2S/c1-9(10-2-4-12(15)5-3-10)16-8-11-6-7-19-13(11)14(17)18/h2-7,9,16H,8H2,1H3,(H,17,18)/t9-/m0/s1. The monoisotopic (exact) mass is 279 g/mol. The van der Waals surface area contributed by atoms with E-state index >= 15 is 0 Å². The highest BCUT2D eigenvalue weighted by molar-refractivity contribution is 7.12. The number of benzene rings is 1. The molecule has 0 unspecified atom stereocenters. The molecule has 3 nitrogen and oxygen atoms in total. The molecule has 0 amide bonds. The van der Waals surface area contributed by atoms with Crippen molar-refractivity contribution < 1.29 is 14.3 Å². The van der Waals surface area contributed by atoms with Crippen LogP contribution in [-0.4, -0.2) is 11.1 Å². The first-order valence-electron chi connectivity index (χ1n) is 5.86. The van der Waals surface area contributed by atoms with Gasteiger partial charge in [0, 0.05) is 12.6 Å². The van der Waals surface area contributed by atoms with Crippen LogP contribution in [0, 0.1) is 5.82 Å². The highest BCUT2D eigenvalue weighted by atomic mass is 32.1. The molecule has 0 fully saturated rings. The third kappa shape index (κ3) is 3.39. The van der Waals surface area contributed by atoms with Gasteiger partial charge < -0.3 is 10.4 Å². The molecular weight excluding hydrogens is 265 g/mol. The molecule has 0 saturated carbocycles. The summed E-state index contributed by atoms with van der Waals surface area (Å²) in [6.07, 6.45) is 0. The average Bonchev–Trinajstić information content (AvgIpc) is 2.85. The summed E-state index contributed by atoms with van der Waals surface area (Å²) in [6.45, 7) is 2.43. The van der Waals surface area contributed by atoms with Crippen molar-refractivity contribution in [3.05, 3.63) is 57.5 Å². The number of nitrogens with one attached hydrogen (secondary N) is 1.